The van der Waals surface area contributed by atoms with Gasteiger partial charge in [0.1, 0.15) is 0 Å². The van der Waals surface area contributed by atoms with E-state index in [1.165, 1.54) is 6.42 Å². The number of nitrogens with zero attached hydrogens (tertiary/aromatic N) is 1. The third-order valence-electron chi connectivity index (χ3n) is 3.84. The van der Waals surface area contributed by atoms with Crippen LogP contribution in [0.5, 0.6) is 0 Å². The van der Waals surface area contributed by atoms with Crippen molar-refractivity contribution < 1.29 is 4.79 Å². The van der Waals surface area contributed by atoms with Crippen LogP contribution in [0.1, 0.15) is 46.5 Å². The summed E-state index contributed by atoms with van der Waals surface area (Å²) in [6.45, 7) is 7.99. The number of rotatable bonds is 4. The van der Waals surface area contributed by atoms with Gasteiger partial charge < -0.3 is 10.6 Å². The van der Waals surface area contributed by atoms with E-state index in [0.717, 1.165) is 32.4 Å². The minimum Gasteiger partial charge on any atom is -0.341 e. The smallest absolute Gasteiger partial charge is 0.242 e. The first kappa shape index (κ1) is 12.5. The van der Waals surface area contributed by atoms with Crippen molar-refractivity contribution in [2.45, 2.75) is 52.0 Å². The van der Waals surface area contributed by atoms with Gasteiger partial charge in [-0.25, -0.2) is 0 Å². The van der Waals surface area contributed by atoms with Crippen molar-refractivity contribution in [1.82, 2.24) is 4.90 Å². The molecule has 2 N–H and O–H groups in total. The van der Waals surface area contributed by atoms with Crippen LogP contribution in [-0.4, -0.2) is 29.4 Å². The van der Waals surface area contributed by atoms with Crippen LogP contribution in [0.15, 0.2) is 0 Å². The molecule has 1 rings (SSSR count). The Balaban J connectivity index is 2.61. The van der Waals surface area contributed by atoms with E-state index in [0.29, 0.717) is 5.92 Å². The number of carbonyl (C=O) groups is 1. The van der Waals surface area contributed by atoms with Crippen LogP contribution >= 0.6 is 0 Å². The molecule has 0 spiro atoms. The SMILES string of the molecule is CCC1CCN(C(=O)C(N)(CC)CC)C1. The average molecular weight is 212 g/mol. The first-order chi connectivity index (χ1) is 7.07. The van der Waals surface area contributed by atoms with Gasteiger partial charge in [0.15, 0.2) is 0 Å². The molecule has 1 aliphatic rings. The maximum atomic E-state index is 12.2. The van der Waals surface area contributed by atoms with Gasteiger partial charge in [-0.05, 0) is 25.2 Å². The lowest BCUT2D eigenvalue weighted by Gasteiger charge is -2.30. The summed E-state index contributed by atoms with van der Waals surface area (Å²) in [6.07, 6.45) is 3.77. The van der Waals surface area contributed by atoms with Crippen LogP contribution in [0.4, 0.5) is 0 Å². The second-order valence-corrected chi connectivity index (χ2v) is 4.68. The molecule has 1 amide bonds. The highest BCUT2D eigenvalue weighted by Crippen LogP contribution is 2.23. The maximum Gasteiger partial charge on any atom is 0.242 e. The zero-order valence-corrected chi connectivity index (χ0v) is 10.3. The molecular weight excluding hydrogens is 188 g/mol. The van der Waals surface area contributed by atoms with E-state index in [9.17, 15) is 4.79 Å². The quantitative estimate of drug-likeness (QED) is 0.772. The number of nitrogens with two attached hydrogens (primary N) is 1. The summed E-state index contributed by atoms with van der Waals surface area (Å²) in [5.41, 5.74) is 5.49. The first-order valence-corrected chi connectivity index (χ1v) is 6.15. The minimum atomic E-state index is -0.622. The van der Waals surface area contributed by atoms with Gasteiger partial charge in [0, 0.05) is 13.1 Å². The fraction of sp³-hybridized carbons (Fsp3) is 0.917. The van der Waals surface area contributed by atoms with E-state index >= 15 is 0 Å². The normalized spacial score (nSPS) is 22.1. The van der Waals surface area contributed by atoms with Crippen LogP contribution in [0.3, 0.4) is 0 Å². The van der Waals surface area contributed by atoms with E-state index in [4.69, 9.17) is 5.73 Å². The van der Waals surface area contributed by atoms with Gasteiger partial charge in [-0.15, -0.1) is 0 Å². The highest BCUT2D eigenvalue weighted by Gasteiger charge is 2.36. The van der Waals surface area contributed by atoms with E-state index in [2.05, 4.69) is 6.92 Å². The maximum absolute atomic E-state index is 12.2. The molecule has 1 fully saturated rings. The summed E-state index contributed by atoms with van der Waals surface area (Å²) in [4.78, 5) is 14.2. The molecule has 0 radical (unpaired) electrons. The Morgan fingerprint density at radius 1 is 1.40 bits per heavy atom. The van der Waals surface area contributed by atoms with Gasteiger partial charge in [-0.3, -0.25) is 4.79 Å². The second-order valence-electron chi connectivity index (χ2n) is 4.68. The molecule has 0 aromatic rings. The molecule has 3 nitrogen and oxygen atoms in total. The Morgan fingerprint density at radius 3 is 2.40 bits per heavy atom. The third kappa shape index (κ3) is 2.51. The highest BCUT2D eigenvalue weighted by molar-refractivity contribution is 5.86. The molecule has 88 valence electrons. The second kappa shape index (κ2) is 4.97. The van der Waals surface area contributed by atoms with Crippen LogP contribution in [0.25, 0.3) is 0 Å². The van der Waals surface area contributed by atoms with E-state index < -0.39 is 5.54 Å². The van der Waals surface area contributed by atoms with Crippen molar-refractivity contribution in [1.29, 1.82) is 0 Å². The Morgan fingerprint density at radius 2 is 2.00 bits per heavy atom. The Bertz CT molecular complexity index is 224. The summed E-state index contributed by atoms with van der Waals surface area (Å²) in [7, 11) is 0. The standard InChI is InChI=1S/C12H24N2O/c1-4-10-7-8-14(9-10)11(15)12(13,5-2)6-3/h10H,4-9,13H2,1-3H3. The van der Waals surface area contributed by atoms with Crippen molar-refractivity contribution in [2.24, 2.45) is 11.7 Å². The highest BCUT2D eigenvalue weighted by atomic mass is 16.2. The fourth-order valence-corrected chi connectivity index (χ4v) is 2.22. The lowest BCUT2D eigenvalue weighted by molar-refractivity contribution is -0.136. The third-order valence-corrected chi connectivity index (χ3v) is 3.84. The summed E-state index contributed by atoms with van der Waals surface area (Å²) in [6, 6.07) is 0. The topological polar surface area (TPSA) is 46.3 Å². The monoisotopic (exact) mass is 212 g/mol. The Kier molecular flexibility index (Phi) is 4.14. The van der Waals surface area contributed by atoms with Gasteiger partial charge in [0.2, 0.25) is 5.91 Å². The fourth-order valence-electron chi connectivity index (χ4n) is 2.22. The zero-order chi connectivity index (χ0) is 11.5. The molecule has 1 heterocycles. The number of hydrogen-bond donors (Lipinski definition) is 1. The molecule has 0 bridgehead atoms. The largest absolute Gasteiger partial charge is 0.341 e. The molecule has 1 atom stereocenters. The predicted molar refractivity (Wildman–Crippen MR) is 62.5 cm³/mol. The average Bonchev–Trinajstić information content (AvgIpc) is 2.75. The molecule has 0 saturated carbocycles. The van der Waals surface area contributed by atoms with E-state index in [1.807, 2.05) is 18.7 Å². The molecular formula is C12H24N2O. The molecule has 1 aliphatic heterocycles. The number of likely N-dealkylation sites (tertiary alicyclic amines) is 1. The van der Waals surface area contributed by atoms with Crippen molar-refractivity contribution in [2.75, 3.05) is 13.1 Å². The summed E-state index contributed by atoms with van der Waals surface area (Å²) in [5.74, 6) is 0.843. The lowest BCUT2D eigenvalue weighted by atomic mass is 9.92. The Hall–Kier alpha value is -0.570. The molecule has 0 aromatic carbocycles. The van der Waals surface area contributed by atoms with Crippen molar-refractivity contribution in [3.63, 3.8) is 0 Å². The molecule has 1 saturated heterocycles. The number of carbonyl (C=O) groups excluding carboxylic acids is 1. The minimum absolute atomic E-state index is 0.156. The summed E-state index contributed by atoms with van der Waals surface area (Å²) < 4.78 is 0. The van der Waals surface area contributed by atoms with Gasteiger partial charge in [-0.2, -0.15) is 0 Å². The zero-order valence-electron chi connectivity index (χ0n) is 10.3. The Labute approximate surface area is 93.0 Å². The molecule has 0 aliphatic carbocycles. The van der Waals surface area contributed by atoms with Gasteiger partial charge in [-0.1, -0.05) is 27.2 Å². The van der Waals surface area contributed by atoms with Crippen molar-refractivity contribution in [3.05, 3.63) is 0 Å². The molecule has 3 heteroatoms. The van der Waals surface area contributed by atoms with Crippen LogP contribution in [0.2, 0.25) is 0 Å². The van der Waals surface area contributed by atoms with Gasteiger partial charge in [0.25, 0.3) is 0 Å². The number of amides is 1. The van der Waals surface area contributed by atoms with Gasteiger partial charge >= 0.3 is 0 Å². The van der Waals surface area contributed by atoms with Crippen LogP contribution < -0.4 is 5.73 Å². The van der Waals surface area contributed by atoms with E-state index in [1.54, 1.807) is 0 Å². The van der Waals surface area contributed by atoms with Gasteiger partial charge in [0.05, 0.1) is 5.54 Å². The van der Waals surface area contributed by atoms with Crippen molar-refractivity contribution >= 4 is 5.91 Å². The molecule has 15 heavy (non-hydrogen) atoms. The van der Waals surface area contributed by atoms with Crippen LogP contribution in [0, 0.1) is 5.92 Å². The van der Waals surface area contributed by atoms with Crippen LogP contribution in [-0.2, 0) is 4.79 Å². The summed E-state index contributed by atoms with van der Waals surface area (Å²) >= 11 is 0. The predicted octanol–water partition coefficient (Wildman–Crippen LogP) is 1.76. The van der Waals surface area contributed by atoms with E-state index in [-0.39, 0.29) is 5.91 Å². The lowest BCUT2D eigenvalue weighted by Crippen LogP contribution is -2.54. The molecule has 1 unspecified atom stereocenters. The molecule has 0 aromatic heterocycles. The van der Waals surface area contributed by atoms with Crippen molar-refractivity contribution in [3.8, 4) is 0 Å². The first-order valence-electron chi connectivity index (χ1n) is 6.15. The number of hydrogen-bond acceptors (Lipinski definition) is 2. The summed E-state index contributed by atoms with van der Waals surface area (Å²) in [5, 5.41) is 0.